The Morgan fingerprint density at radius 3 is 2.81 bits per heavy atom. The quantitative estimate of drug-likeness (QED) is 0.438. The van der Waals surface area contributed by atoms with E-state index in [1.165, 1.54) is 0 Å². The molecule has 146 valence electrons. The zero-order chi connectivity index (χ0) is 19.2. The van der Waals surface area contributed by atoms with Gasteiger partial charge in [-0.25, -0.2) is 0 Å². The van der Waals surface area contributed by atoms with Crippen LogP contribution in [0, 0.1) is 5.92 Å². The number of nitrogens with one attached hydrogen (secondary N) is 1. The highest BCUT2D eigenvalue weighted by Gasteiger charge is 2.08. The normalized spacial score (nSPS) is 18.3. The van der Waals surface area contributed by atoms with E-state index in [-0.39, 0.29) is 0 Å². The molecule has 2 atom stereocenters. The van der Waals surface area contributed by atoms with Crippen LogP contribution in [-0.2, 0) is 16.1 Å². The second-order valence-corrected chi connectivity index (χ2v) is 6.53. The minimum absolute atomic E-state index is 0.441. The maximum Gasteiger partial charge on any atom is 0.0911 e. The van der Waals surface area contributed by atoms with E-state index < -0.39 is 6.10 Å². The molecule has 0 radical (unpaired) electrons. The molecule has 0 aliphatic heterocycles. The molecule has 2 N–H and O–H groups in total. The lowest BCUT2D eigenvalue weighted by atomic mass is 10.0. The fourth-order valence-corrected chi connectivity index (χ4v) is 2.76. The van der Waals surface area contributed by atoms with Gasteiger partial charge in [0.05, 0.1) is 32.5 Å². The van der Waals surface area contributed by atoms with Crippen molar-refractivity contribution in [1.29, 1.82) is 0 Å². The number of hydrogen-bond acceptors (Lipinski definition) is 4. The molecule has 0 saturated heterocycles. The molecular formula is C23H31NO3. The fourth-order valence-electron chi connectivity index (χ4n) is 2.76. The summed E-state index contributed by atoms with van der Waals surface area (Å²) in [6.45, 7) is 2.75. The van der Waals surface area contributed by atoms with Gasteiger partial charge in [0, 0.05) is 12.5 Å². The first-order valence-electron chi connectivity index (χ1n) is 9.51. The molecule has 1 aliphatic carbocycles. The molecule has 0 bridgehead atoms. The maximum atomic E-state index is 10.3. The number of benzene rings is 1. The second-order valence-electron chi connectivity index (χ2n) is 6.53. The van der Waals surface area contributed by atoms with Gasteiger partial charge in [-0.1, -0.05) is 72.9 Å². The van der Waals surface area contributed by atoms with E-state index in [0.717, 1.165) is 17.6 Å². The third-order valence-corrected chi connectivity index (χ3v) is 4.26. The first-order valence-corrected chi connectivity index (χ1v) is 9.51. The van der Waals surface area contributed by atoms with Crippen molar-refractivity contribution in [3.8, 4) is 0 Å². The zero-order valence-corrected chi connectivity index (χ0v) is 16.1. The highest BCUT2D eigenvalue weighted by atomic mass is 16.5. The summed E-state index contributed by atoms with van der Waals surface area (Å²) in [6, 6.07) is 10.1. The van der Waals surface area contributed by atoms with Gasteiger partial charge >= 0.3 is 0 Å². The Kier molecular flexibility index (Phi) is 10.4. The summed E-state index contributed by atoms with van der Waals surface area (Å²) in [7, 11) is 1.83. The molecule has 1 aromatic carbocycles. The molecule has 27 heavy (non-hydrogen) atoms. The van der Waals surface area contributed by atoms with Gasteiger partial charge in [-0.3, -0.25) is 0 Å². The summed E-state index contributed by atoms with van der Waals surface area (Å²) in [4.78, 5) is 0. The van der Waals surface area contributed by atoms with Gasteiger partial charge in [-0.05, 0) is 24.6 Å². The zero-order valence-electron chi connectivity index (χ0n) is 16.1. The standard InChI is InChI=1S/C23H31NO3/c1-24-17-23(25)22(14-16-27-19-21-11-6-3-7-12-21)13-8-15-26-18-20-9-4-2-5-10-20/h2-11,13-14,21,23-25H,12,15-19H2,1H3/b13-8-,22-14+. The van der Waals surface area contributed by atoms with Crippen LogP contribution in [0.4, 0.5) is 0 Å². The highest BCUT2D eigenvalue weighted by Crippen LogP contribution is 2.12. The van der Waals surface area contributed by atoms with Crippen molar-refractivity contribution in [2.45, 2.75) is 19.1 Å². The van der Waals surface area contributed by atoms with Gasteiger partial charge in [0.2, 0.25) is 0 Å². The summed E-state index contributed by atoms with van der Waals surface area (Å²) in [5.74, 6) is 0.441. The fraction of sp³-hybridized carbons (Fsp3) is 0.391. The molecule has 4 nitrogen and oxygen atoms in total. The molecule has 0 aromatic heterocycles. The van der Waals surface area contributed by atoms with E-state index in [1.807, 2.05) is 55.6 Å². The van der Waals surface area contributed by atoms with Gasteiger partial charge in [-0.15, -0.1) is 0 Å². The Labute approximate surface area is 162 Å². The van der Waals surface area contributed by atoms with Crippen LogP contribution < -0.4 is 5.32 Å². The van der Waals surface area contributed by atoms with Gasteiger partial charge < -0.3 is 19.9 Å². The summed E-state index contributed by atoms with van der Waals surface area (Å²) in [5.41, 5.74) is 1.99. The molecule has 0 amide bonds. The van der Waals surface area contributed by atoms with Crippen LogP contribution in [0.15, 0.2) is 78.4 Å². The van der Waals surface area contributed by atoms with Crippen LogP contribution in [-0.4, -0.2) is 44.6 Å². The molecule has 4 heteroatoms. The molecule has 2 rings (SSSR count). The molecule has 0 spiro atoms. The first-order chi connectivity index (χ1) is 13.3. The molecular weight excluding hydrogens is 338 g/mol. The van der Waals surface area contributed by atoms with E-state index in [4.69, 9.17) is 9.47 Å². The van der Waals surface area contributed by atoms with E-state index in [2.05, 4.69) is 29.6 Å². The van der Waals surface area contributed by atoms with Crippen LogP contribution in [0.25, 0.3) is 0 Å². The number of hydrogen-bond donors (Lipinski definition) is 2. The van der Waals surface area contributed by atoms with E-state index in [1.54, 1.807) is 0 Å². The van der Waals surface area contributed by atoms with Crippen LogP contribution in [0.1, 0.15) is 12.0 Å². The SMILES string of the molecule is CNCC(O)C(/C=C\COCc1ccccc1)=C/COCC1C=CC=CC1. The van der Waals surface area contributed by atoms with Crippen LogP contribution in [0.5, 0.6) is 0 Å². The molecule has 2 unspecified atom stereocenters. The van der Waals surface area contributed by atoms with Crippen molar-refractivity contribution in [2.24, 2.45) is 5.92 Å². The van der Waals surface area contributed by atoms with E-state index >= 15 is 0 Å². The van der Waals surface area contributed by atoms with Gasteiger partial charge in [0.1, 0.15) is 0 Å². The number of allylic oxidation sites excluding steroid dienone is 3. The lowest BCUT2D eigenvalue weighted by Crippen LogP contribution is -2.25. The number of ether oxygens (including phenoxy) is 2. The van der Waals surface area contributed by atoms with Gasteiger partial charge in [0.15, 0.2) is 0 Å². The van der Waals surface area contributed by atoms with Gasteiger partial charge in [0.25, 0.3) is 0 Å². The van der Waals surface area contributed by atoms with Crippen molar-refractivity contribution < 1.29 is 14.6 Å². The molecule has 0 fully saturated rings. The maximum absolute atomic E-state index is 10.3. The van der Waals surface area contributed by atoms with Crippen molar-refractivity contribution >= 4 is 0 Å². The summed E-state index contributed by atoms with van der Waals surface area (Å²) in [5, 5.41) is 13.3. The van der Waals surface area contributed by atoms with Gasteiger partial charge in [-0.2, -0.15) is 0 Å². The first kappa shape index (κ1) is 21.3. The highest BCUT2D eigenvalue weighted by molar-refractivity contribution is 5.23. The van der Waals surface area contributed by atoms with Crippen molar-refractivity contribution in [2.75, 3.05) is 33.4 Å². The predicted octanol–water partition coefficient (Wildman–Crippen LogP) is 3.42. The number of aliphatic hydroxyl groups is 1. The second kappa shape index (κ2) is 13.2. The Morgan fingerprint density at radius 1 is 1.22 bits per heavy atom. The number of rotatable bonds is 12. The average Bonchev–Trinajstić information content (AvgIpc) is 2.71. The van der Waals surface area contributed by atoms with Crippen LogP contribution in [0.3, 0.4) is 0 Å². The average molecular weight is 370 g/mol. The van der Waals surface area contributed by atoms with E-state index in [0.29, 0.717) is 38.9 Å². The molecule has 0 heterocycles. The molecule has 1 aromatic rings. The van der Waals surface area contributed by atoms with Crippen LogP contribution in [0.2, 0.25) is 0 Å². The number of aliphatic hydroxyl groups excluding tert-OH is 1. The lowest BCUT2D eigenvalue weighted by molar-refractivity contribution is 0.136. The van der Waals surface area contributed by atoms with E-state index in [9.17, 15) is 5.11 Å². The monoisotopic (exact) mass is 369 g/mol. The minimum Gasteiger partial charge on any atom is -0.387 e. The Balaban J connectivity index is 1.75. The Hall–Kier alpha value is -1.98. The third-order valence-electron chi connectivity index (χ3n) is 4.26. The van der Waals surface area contributed by atoms with Crippen molar-refractivity contribution in [1.82, 2.24) is 5.32 Å². The molecule has 1 aliphatic rings. The Morgan fingerprint density at radius 2 is 2.07 bits per heavy atom. The smallest absolute Gasteiger partial charge is 0.0911 e. The lowest BCUT2D eigenvalue weighted by Gasteiger charge is -2.14. The predicted molar refractivity (Wildman–Crippen MR) is 110 cm³/mol. The largest absolute Gasteiger partial charge is 0.387 e. The number of likely N-dealkylation sites (N-methyl/N-ethyl adjacent to an activating group) is 1. The van der Waals surface area contributed by atoms with Crippen LogP contribution >= 0.6 is 0 Å². The Bertz CT molecular complexity index is 634. The summed E-state index contributed by atoms with van der Waals surface area (Å²) in [6.07, 6.45) is 14.7. The topological polar surface area (TPSA) is 50.7 Å². The van der Waals surface area contributed by atoms with Crippen molar-refractivity contribution in [3.05, 3.63) is 84.0 Å². The summed E-state index contributed by atoms with van der Waals surface area (Å²) >= 11 is 0. The van der Waals surface area contributed by atoms with Crippen molar-refractivity contribution in [3.63, 3.8) is 0 Å². The minimum atomic E-state index is -0.568. The third kappa shape index (κ3) is 8.98. The molecule has 0 saturated carbocycles. The summed E-state index contributed by atoms with van der Waals surface area (Å²) < 4.78 is 11.4.